The lowest BCUT2D eigenvalue weighted by molar-refractivity contribution is -0.120. The Kier molecular flexibility index (Phi) is 5.05. The van der Waals surface area contributed by atoms with E-state index in [1.165, 1.54) is 12.1 Å². The van der Waals surface area contributed by atoms with Crippen LogP contribution in [0.2, 0.25) is 0 Å². The Morgan fingerprint density at radius 3 is 2.46 bits per heavy atom. The molecule has 126 valence electrons. The normalized spacial score (nSPS) is 16.7. The first-order valence-corrected chi connectivity index (χ1v) is 8.10. The van der Waals surface area contributed by atoms with Crippen LogP contribution in [0.4, 0.5) is 15.9 Å². The number of nitrogens with one attached hydrogen (secondary N) is 1. The topological polar surface area (TPSA) is 48.5 Å². The highest BCUT2D eigenvalue weighted by Crippen LogP contribution is 2.15. The highest BCUT2D eigenvalue weighted by molar-refractivity contribution is 5.94. The number of hydrogen-bond donors (Lipinski definition) is 1. The molecule has 0 bridgehead atoms. The highest BCUT2D eigenvalue weighted by Gasteiger charge is 2.26. The van der Waals surface area contributed by atoms with E-state index in [1.54, 1.807) is 18.3 Å². The van der Waals surface area contributed by atoms with Crippen LogP contribution >= 0.6 is 0 Å². The molecule has 0 radical (unpaired) electrons. The third-order valence-electron chi connectivity index (χ3n) is 4.33. The van der Waals surface area contributed by atoms with E-state index in [2.05, 4.69) is 20.1 Å². The van der Waals surface area contributed by atoms with Crippen LogP contribution in [-0.4, -0.2) is 48.0 Å². The molecule has 0 spiro atoms. The number of anilines is 2. The van der Waals surface area contributed by atoms with E-state index in [-0.39, 0.29) is 17.8 Å². The van der Waals surface area contributed by atoms with E-state index in [4.69, 9.17) is 0 Å². The molecular formula is C18H21FN4O. The van der Waals surface area contributed by atoms with E-state index in [1.807, 2.05) is 25.1 Å². The molecule has 6 heteroatoms. The van der Waals surface area contributed by atoms with Crippen LogP contribution in [0.25, 0.3) is 0 Å². The number of halogens is 1. The van der Waals surface area contributed by atoms with Crippen molar-refractivity contribution in [2.24, 2.45) is 0 Å². The summed E-state index contributed by atoms with van der Waals surface area (Å²) in [4.78, 5) is 21.1. The van der Waals surface area contributed by atoms with Gasteiger partial charge in [-0.15, -0.1) is 0 Å². The van der Waals surface area contributed by atoms with Crippen molar-refractivity contribution in [3.63, 3.8) is 0 Å². The summed E-state index contributed by atoms with van der Waals surface area (Å²) in [7, 11) is 0. The third kappa shape index (κ3) is 3.89. The molecule has 24 heavy (non-hydrogen) atoms. The van der Waals surface area contributed by atoms with Gasteiger partial charge in [0.15, 0.2) is 0 Å². The summed E-state index contributed by atoms with van der Waals surface area (Å²) in [6, 6.07) is 11.5. The molecule has 1 amide bonds. The van der Waals surface area contributed by atoms with Crippen molar-refractivity contribution in [1.82, 2.24) is 9.88 Å². The van der Waals surface area contributed by atoms with Gasteiger partial charge >= 0.3 is 0 Å². The molecule has 0 aliphatic carbocycles. The van der Waals surface area contributed by atoms with Gasteiger partial charge in [0.25, 0.3) is 0 Å². The molecule has 0 saturated carbocycles. The quantitative estimate of drug-likeness (QED) is 0.936. The second-order valence-corrected chi connectivity index (χ2v) is 5.88. The summed E-state index contributed by atoms with van der Waals surface area (Å²) in [6.45, 7) is 5.18. The van der Waals surface area contributed by atoms with E-state index < -0.39 is 0 Å². The van der Waals surface area contributed by atoms with E-state index in [9.17, 15) is 9.18 Å². The van der Waals surface area contributed by atoms with Gasteiger partial charge in [0.05, 0.1) is 6.04 Å². The van der Waals surface area contributed by atoms with Gasteiger partial charge in [0, 0.05) is 38.1 Å². The minimum absolute atomic E-state index is 0.0760. The third-order valence-corrected chi connectivity index (χ3v) is 4.33. The van der Waals surface area contributed by atoms with Crippen LogP contribution in [0.1, 0.15) is 6.92 Å². The lowest BCUT2D eigenvalue weighted by atomic mass is 10.2. The van der Waals surface area contributed by atoms with Gasteiger partial charge < -0.3 is 10.2 Å². The van der Waals surface area contributed by atoms with Crippen LogP contribution in [0.15, 0.2) is 48.7 Å². The lowest BCUT2D eigenvalue weighted by Gasteiger charge is -2.37. The minimum Gasteiger partial charge on any atom is -0.354 e. The molecule has 2 aromatic rings. The Morgan fingerprint density at radius 2 is 1.83 bits per heavy atom. The Hall–Kier alpha value is -2.47. The van der Waals surface area contributed by atoms with Crippen LogP contribution in [0.5, 0.6) is 0 Å². The molecule has 0 unspecified atom stereocenters. The number of piperazine rings is 1. The predicted molar refractivity (Wildman–Crippen MR) is 92.5 cm³/mol. The molecule has 1 aromatic heterocycles. The average Bonchev–Trinajstić information content (AvgIpc) is 2.64. The summed E-state index contributed by atoms with van der Waals surface area (Å²) in [5, 5.41) is 2.84. The molecule has 1 N–H and O–H groups in total. The summed E-state index contributed by atoms with van der Waals surface area (Å²) in [5.74, 6) is 0.583. The largest absolute Gasteiger partial charge is 0.354 e. The zero-order chi connectivity index (χ0) is 16.9. The summed E-state index contributed by atoms with van der Waals surface area (Å²) in [5.41, 5.74) is 0.611. The van der Waals surface area contributed by atoms with Gasteiger partial charge in [-0.3, -0.25) is 9.69 Å². The smallest absolute Gasteiger partial charge is 0.241 e. The van der Waals surface area contributed by atoms with Crippen molar-refractivity contribution < 1.29 is 9.18 Å². The average molecular weight is 328 g/mol. The number of carbonyl (C=O) groups is 1. The second kappa shape index (κ2) is 7.40. The number of pyridine rings is 1. The zero-order valence-electron chi connectivity index (χ0n) is 13.7. The number of carbonyl (C=O) groups excluding carboxylic acids is 1. The van der Waals surface area contributed by atoms with Crippen LogP contribution in [0.3, 0.4) is 0 Å². The molecule has 5 nitrogen and oxygen atoms in total. The predicted octanol–water partition coefficient (Wildman–Crippen LogP) is 2.37. The SMILES string of the molecule is C[C@H](C(=O)Nc1ccc(F)cc1)N1CCN(c2ccccn2)CC1. The molecule has 3 rings (SSSR count). The van der Waals surface area contributed by atoms with Gasteiger partial charge in [-0.2, -0.15) is 0 Å². The van der Waals surface area contributed by atoms with Crippen LogP contribution in [0, 0.1) is 5.82 Å². The monoisotopic (exact) mass is 328 g/mol. The Balaban J connectivity index is 1.53. The molecular weight excluding hydrogens is 307 g/mol. The number of benzene rings is 1. The molecule has 1 saturated heterocycles. The maximum Gasteiger partial charge on any atom is 0.241 e. The van der Waals surface area contributed by atoms with E-state index in [0.29, 0.717) is 5.69 Å². The first-order chi connectivity index (χ1) is 11.6. The molecule has 2 heterocycles. The fourth-order valence-corrected chi connectivity index (χ4v) is 2.82. The Morgan fingerprint density at radius 1 is 1.12 bits per heavy atom. The van der Waals surface area contributed by atoms with Crippen molar-refractivity contribution in [2.75, 3.05) is 36.4 Å². The number of nitrogens with zero attached hydrogens (tertiary/aromatic N) is 3. The van der Waals surface area contributed by atoms with Crippen molar-refractivity contribution in [3.8, 4) is 0 Å². The summed E-state index contributed by atoms with van der Waals surface area (Å²) < 4.78 is 12.9. The van der Waals surface area contributed by atoms with Gasteiger partial charge in [-0.1, -0.05) is 6.07 Å². The van der Waals surface area contributed by atoms with Gasteiger partial charge in [-0.25, -0.2) is 9.37 Å². The fraction of sp³-hybridized carbons (Fsp3) is 0.333. The first-order valence-electron chi connectivity index (χ1n) is 8.10. The van der Waals surface area contributed by atoms with Crippen LogP contribution < -0.4 is 10.2 Å². The summed E-state index contributed by atoms with van der Waals surface area (Å²) in [6.07, 6.45) is 1.79. The zero-order valence-corrected chi connectivity index (χ0v) is 13.7. The fourth-order valence-electron chi connectivity index (χ4n) is 2.82. The van der Waals surface area contributed by atoms with Crippen LogP contribution in [-0.2, 0) is 4.79 Å². The van der Waals surface area contributed by atoms with Crippen molar-refractivity contribution in [3.05, 3.63) is 54.5 Å². The maximum atomic E-state index is 12.9. The first kappa shape index (κ1) is 16.4. The van der Waals surface area contributed by atoms with E-state index >= 15 is 0 Å². The van der Waals surface area contributed by atoms with Gasteiger partial charge in [0.2, 0.25) is 5.91 Å². The van der Waals surface area contributed by atoms with Gasteiger partial charge in [-0.05, 0) is 43.3 Å². The number of rotatable bonds is 4. The molecule has 1 aliphatic heterocycles. The second-order valence-electron chi connectivity index (χ2n) is 5.88. The van der Waals surface area contributed by atoms with Crippen molar-refractivity contribution in [1.29, 1.82) is 0 Å². The molecule has 1 fully saturated rings. The van der Waals surface area contributed by atoms with Crippen molar-refractivity contribution >= 4 is 17.4 Å². The molecule has 1 atom stereocenters. The maximum absolute atomic E-state index is 12.9. The lowest BCUT2D eigenvalue weighted by Crippen LogP contribution is -2.53. The highest BCUT2D eigenvalue weighted by atomic mass is 19.1. The van der Waals surface area contributed by atoms with Crippen molar-refractivity contribution in [2.45, 2.75) is 13.0 Å². The Bertz CT molecular complexity index is 669. The molecule has 1 aliphatic rings. The number of hydrogen-bond acceptors (Lipinski definition) is 4. The number of aromatic nitrogens is 1. The van der Waals surface area contributed by atoms with E-state index in [0.717, 1.165) is 32.0 Å². The Labute approximate surface area is 141 Å². The standard InChI is InChI=1S/C18H21FN4O/c1-14(18(24)21-16-7-5-15(19)6-8-16)22-10-12-23(13-11-22)17-4-2-3-9-20-17/h2-9,14H,10-13H2,1H3,(H,21,24)/t14-/m1/s1. The van der Waals surface area contributed by atoms with Gasteiger partial charge in [0.1, 0.15) is 11.6 Å². The number of amides is 1. The minimum atomic E-state index is -0.313. The molecule has 1 aromatic carbocycles. The summed E-state index contributed by atoms with van der Waals surface area (Å²) >= 11 is 0.